The van der Waals surface area contributed by atoms with Crippen LogP contribution in [0, 0.1) is 6.92 Å². The molecule has 0 amide bonds. The average Bonchev–Trinajstić information content (AvgIpc) is 3.22. The Kier molecular flexibility index (Phi) is 5.33. The second-order valence-electron chi connectivity index (χ2n) is 5.87. The van der Waals surface area contributed by atoms with Crippen molar-refractivity contribution < 1.29 is 4.42 Å². The van der Waals surface area contributed by atoms with E-state index in [-0.39, 0.29) is 6.04 Å². The average molecular weight is 340 g/mol. The molecule has 0 saturated carbocycles. The van der Waals surface area contributed by atoms with Crippen LogP contribution in [-0.4, -0.2) is 33.6 Å². The standard InChI is InChI=1S/C18H24N6O/c1-4-19-18(21-14(3)15-9-8-13(2)25-15)20-11-10-17-23-22-16-7-5-6-12-24(16)17/h5-9,12,14H,4,10-11H2,1-3H3,(H2,19,20,21). The van der Waals surface area contributed by atoms with Gasteiger partial charge >= 0.3 is 0 Å². The van der Waals surface area contributed by atoms with E-state index in [1.54, 1.807) is 0 Å². The number of nitrogens with one attached hydrogen (secondary N) is 2. The number of rotatable bonds is 6. The third-order valence-corrected chi connectivity index (χ3v) is 3.88. The highest BCUT2D eigenvalue weighted by molar-refractivity contribution is 5.80. The van der Waals surface area contributed by atoms with Gasteiger partial charge in [0.2, 0.25) is 0 Å². The van der Waals surface area contributed by atoms with Crippen molar-refractivity contribution >= 4 is 11.6 Å². The smallest absolute Gasteiger partial charge is 0.191 e. The maximum atomic E-state index is 5.67. The zero-order chi connectivity index (χ0) is 17.6. The molecule has 3 heterocycles. The van der Waals surface area contributed by atoms with Crippen LogP contribution in [0.3, 0.4) is 0 Å². The van der Waals surface area contributed by atoms with E-state index in [4.69, 9.17) is 4.42 Å². The number of fused-ring (bicyclic) bond motifs is 1. The zero-order valence-electron chi connectivity index (χ0n) is 14.9. The maximum Gasteiger partial charge on any atom is 0.191 e. The largest absolute Gasteiger partial charge is 0.464 e. The van der Waals surface area contributed by atoms with Gasteiger partial charge in [-0.1, -0.05) is 6.07 Å². The highest BCUT2D eigenvalue weighted by atomic mass is 16.3. The summed E-state index contributed by atoms with van der Waals surface area (Å²) in [6.07, 6.45) is 2.69. The van der Waals surface area contributed by atoms with Crippen LogP contribution in [0.2, 0.25) is 0 Å². The second kappa shape index (κ2) is 7.83. The molecule has 1 atom stereocenters. The van der Waals surface area contributed by atoms with Crippen molar-refractivity contribution in [2.24, 2.45) is 4.99 Å². The predicted molar refractivity (Wildman–Crippen MR) is 97.7 cm³/mol. The number of aliphatic imine (C=N–C) groups is 1. The number of furan rings is 1. The Bertz CT molecular complexity index is 850. The molecule has 3 aromatic heterocycles. The van der Waals surface area contributed by atoms with E-state index in [9.17, 15) is 0 Å². The fraction of sp³-hybridized carbons (Fsp3) is 0.389. The van der Waals surface area contributed by atoms with Crippen LogP contribution in [-0.2, 0) is 6.42 Å². The van der Waals surface area contributed by atoms with Crippen molar-refractivity contribution in [1.29, 1.82) is 0 Å². The number of pyridine rings is 1. The summed E-state index contributed by atoms with van der Waals surface area (Å²) < 4.78 is 7.66. The Morgan fingerprint density at radius 3 is 2.92 bits per heavy atom. The van der Waals surface area contributed by atoms with E-state index in [2.05, 4.69) is 32.7 Å². The van der Waals surface area contributed by atoms with E-state index in [1.165, 1.54) is 0 Å². The molecule has 7 heteroatoms. The Labute approximate surface area is 147 Å². The zero-order valence-corrected chi connectivity index (χ0v) is 14.9. The molecule has 0 spiro atoms. The molecule has 132 valence electrons. The first-order valence-corrected chi connectivity index (χ1v) is 8.57. The monoisotopic (exact) mass is 340 g/mol. The molecule has 0 aliphatic rings. The summed E-state index contributed by atoms with van der Waals surface area (Å²) >= 11 is 0. The lowest BCUT2D eigenvalue weighted by molar-refractivity contribution is 0.441. The van der Waals surface area contributed by atoms with E-state index in [1.807, 2.05) is 54.8 Å². The molecule has 3 rings (SSSR count). The molecule has 1 unspecified atom stereocenters. The quantitative estimate of drug-likeness (QED) is 0.532. The van der Waals surface area contributed by atoms with Gasteiger partial charge in [-0.15, -0.1) is 10.2 Å². The van der Waals surface area contributed by atoms with Crippen molar-refractivity contribution in [1.82, 2.24) is 25.2 Å². The van der Waals surface area contributed by atoms with E-state index >= 15 is 0 Å². The van der Waals surface area contributed by atoms with E-state index in [0.29, 0.717) is 6.54 Å². The topological polar surface area (TPSA) is 79.8 Å². The molecular weight excluding hydrogens is 316 g/mol. The van der Waals surface area contributed by atoms with Crippen molar-refractivity contribution in [3.05, 3.63) is 53.9 Å². The number of nitrogens with zero attached hydrogens (tertiary/aromatic N) is 4. The van der Waals surface area contributed by atoms with Crippen molar-refractivity contribution in [3.8, 4) is 0 Å². The number of hydrogen-bond donors (Lipinski definition) is 2. The van der Waals surface area contributed by atoms with Gasteiger partial charge in [-0.05, 0) is 45.0 Å². The summed E-state index contributed by atoms with van der Waals surface area (Å²) in [4.78, 5) is 4.64. The van der Waals surface area contributed by atoms with Gasteiger partial charge in [0.05, 0.1) is 6.04 Å². The van der Waals surface area contributed by atoms with Gasteiger partial charge in [-0.3, -0.25) is 9.39 Å². The summed E-state index contributed by atoms with van der Waals surface area (Å²) in [5, 5.41) is 15.0. The first kappa shape index (κ1) is 17.0. The van der Waals surface area contributed by atoms with Crippen LogP contribution >= 0.6 is 0 Å². The van der Waals surface area contributed by atoms with Gasteiger partial charge in [-0.2, -0.15) is 0 Å². The van der Waals surface area contributed by atoms with E-state index < -0.39 is 0 Å². The molecule has 2 N–H and O–H groups in total. The van der Waals surface area contributed by atoms with Crippen LogP contribution in [0.1, 0.15) is 37.2 Å². The minimum atomic E-state index is 0.0421. The minimum absolute atomic E-state index is 0.0421. The Morgan fingerprint density at radius 2 is 2.16 bits per heavy atom. The molecule has 0 saturated heterocycles. The number of aryl methyl sites for hydroxylation is 1. The van der Waals surface area contributed by atoms with Crippen LogP contribution in [0.4, 0.5) is 0 Å². The molecule has 0 bridgehead atoms. The predicted octanol–water partition coefficient (Wildman–Crippen LogP) is 2.49. The number of hydrogen-bond acceptors (Lipinski definition) is 4. The fourth-order valence-electron chi connectivity index (χ4n) is 2.61. The van der Waals surface area contributed by atoms with Gasteiger partial charge in [0, 0.05) is 25.7 Å². The molecule has 0 aromatic carbocycles. The third-order valence-electron chi connectivity index (χ3n) is 3.88. The SMILES string of the molecule is CCNC(=NCCc1nnc2ccccn12)NC(C)c1ccc(C)o1. The lowest BCUT2D eigenvalue weighted by Crippen LogP contribution is -2.38. The summed E-state index contributed by atoms with van der Waals surface area (Å²) in [5.41, 5.74) is 0.855. The van der Waals surface area contributed by atoms with Crippen LogP contribution in [0.25, 0.3) is 5.65 Å². The molecule has 0 fully saturated rings. The lowest BCUT2D eigenvalue weighted by Gasteiger charge is -2.16. The van der Waals surface area contributed by atoms with Crippen molar-refractivity contribution in [2.45, 2.75) is 33.2 Å². The van der Waals surface area contributed by atoms with Gasteiger partial charge < -0.3 is 15.1 Å². The molecular formula is C18H24N6O. The van der Waals surface area contributed by atoms with Gasteiger partial charge in [0.15, 0.2) is 11.6 Å². The maximum absolute atomic E-state index is 5.67. The summed E-state index contributed by atoms with van der Waals surface area (Å²) in [6.45, 7) is 7.46. The highest BCUT2D eigenvalue weighted by Gasteiger charge is 2.11. The van der Waals surface area contributed by atoms with Crippen LogP contribution in [0.15, 0.2) is 45.9 Å². The van der Waals surface area contributed by atoms with Gasteiger partial charge in [-0.25, -0.2) is 0 Å². The number of aromatic nitrogens is 3. The first-order chi connectivity index (χ1) is 12.2. The normalized spacial score (nSPS) is 13.2. The highest BCUT2D eigenvalue weighted by Crippen LogP contribution is 2.15. The molecule has 3 aromatic rings. The minimum Gasteiger partial charge on any atom is -0.464 e. The first-order valence-electron chi connectivity index (χ1n) is 8.57. The lowest BCUT2D eigenvalue weighted by atomic mass is 10.2. The summed E-state index contributed by atoms with van der Waals surface area (Å²) in [7, 11) is 0. The summed E-state index contributed by atoms with van der Waals surface area (Å²) in [6, 6.07) is 9.87. The van der Waals surface area contributed by atoms with Crippen molar-refractivity contribution in [2.75, 3.05) is 13.1 Å². The summed E-state index contributed by atoms with van der Waals surface area (Å²) in [5.74, 6) is 3.47. The third kappa shape index (κ3) is 4.17. The van der Waals surface area contributed by atoms with Crippen molar-refractivity contribution in [3.63, 3.8) is 0 Å². The Morgan fingerprint density at radius 1 is 1.28 bits per heavy atom. The van der Waals surface area contributed by atoms with Gasteiger partial charge in [0.1, 0.15) is 17.3 Å². The molecule has 0 aliphatic heterocycles. The molecule has 7 nitrogen and oxygen atoms in total. The number of guanidine groups is 1. The molecule has 0 aliphatic carbocycles. The molecule has 25 heavy (non-hydrogen) atoms. The Hall–Kier alpha value is -2.83. The molecule has 0 radical (unpaired) electrons. The van der Waals surface area contributed by atoms with Crippen LogP contribution < -0.4 is 10.6 Å². The van der Waals surface area contributed by atoms with E-state index in [0.717, 1.165) is 41.9 Å². The van der Waals surface area contributed by atoms with Crippen LogP contribution in [0.5, 0.6) is 0 Å². The second-order valence-corrected chi connectivity index (χ2v) is 5.87. The fourth-order valence-corrected chi connectivity index (χ4v) is 2.61. The van der Waals surface area contributed by atoms with Gasteiger partial charge in [0.25, 0.3) is 0 Å². The Balaban J connectivity index is 1.63.